The second-order valence-corrected chi connectivity index (χ2v) is 4.79. The topological polar surface area (TPSA) is 77.8 Å². The molecule has 5 nitrogen and oxygen atoms in total. The van der Waals surface area contributed by atoms with E-state index in [2.05, 4.69) is 6.92 Å². The molecule has 0 amide bonds. The highest BCUT2D eigenvalue weighted by Gasteiger charge is 2.28. The van der Waals surface area contributed by atoms with Gasteiger partial charge in [0.1, 0.15) is 0 Å². The van der Waals surface area contributed by atoms with E-state index in [0.717, 1.165) is 25.7 Å². The lowest BCUT2D eigenvalue weighted by molar-refractivity contribution is -0.143. The largest absolute Gasteiger partial charge is 0.480 e. The van der Waals surface area contributed by atoms with Gasteiger partial charge in [0.2, 0.25) is 0 Å². The minimum Gasteiger partial charge on any atom is -0.480 e. The van der Waals surface area contributed by atoms with Gasteiger partial charge in [0.15, 0.2) is 0 Å². The molecule has 98 valence electrons. The van der Waals surface area contributed by atoms with Crippen LogP contribution < -0.4 is 0 Å². The summed E-state index contributed by atoms with van der Waals surface area (Å²) in [5, 5.41) is 17.6. The van der Waals surface area contributed by atoms with Crippen molar-refractivity contribution in [1.29, 1.82) is 0 Å². The minimum atomic E-state index is -0.954. The fourth-order valence-electron chi connectivity index (χ4n) is 2.63. The van der Waals surface area contributed by atoms with Crippen LogP contribution >= 0.6 is 0 Å². The molecule has 0 aliphatic heterocycles. The van der Waals surface area contributed by atoms with Crippen LogP contribution in [0.5, 0.6) is 0 Å². The van der Waals surface area contributed by atoms with Crippen molar-refractivity contribution in [2.24, 2.45) is 5.92 Å². The summed E-state index contributed by atoms with van der Waals surface area (Å²) >= 11 is 0. The van der Waals surface area contributed by atoms with Gasteiger partial charge in [-0.25, -0.2) is 0 Å². The van der Waals surface area contributed by atoms with E-state index in [9.17, 15) is 9.59 Å². The van der Waals surface area contributed by atoms with Crippen molar-refractivity contribution in [2.45, 2.75) is 45.1 Å². The Labute approximate surface area is 101 Å². The quantitative estimate of drug-likeness (QED) is 0.737. The second-order valence-electron chi connectivity index (χ2n) is 4.79. The minimum absolute atomic E-state index is 0.112. The van der Waals surface area contributed by atoms with Gasteiger partial charge in [0.05, 0.1) is 13.1 Å². The number of rotatable bonds is 6. The molecule has 2 atom stereocenters. The Balaban J connectivity index is 2.60. The summed E-state index contributed by atoms with van der Waals surface area (Å²) in [4.78, 5) is 23.1. The molecule has 5 heteroatoms. The first kappa shape index (κ1) is 14.0. The monoisotopic (exact) mass is 243 g/mol. The molecule has 0 aromatic carbocycles. The fourth-order valence-corrected chi connectivity index (χ4v) is 2.63. The van der Waals surface area contributed by atoms with Crippen LogP contribution in [0.2, 0.25) is 0 Å². The Morgan fingerprint density at radius 3 is 2.24 bits per heavy atom. The van der Waals surface area contributed by atoms with Gasteiger partial charge in [-0.1, -0.05) is 26.2 Å². The Morgan fingerprint density at radius 1 is 1.18 bits per heavy atom. The van der Waals surface area contributed by atoms with Crippen LogP contribution in [0, 0.1) is 5.92 Å². The summed E-state index contributed by atoms with van der Waals surface area (Å²) < 4.78 is 0. The van der Waals surface area contributed by atoms with Crippen LogP contribution in [0.1, 0.15) is 39.0 Å². The number of carboxylic acid groups (broad SMARTS) is 2. The van der Waals surface area contributed by atoms with E-state index in [1.54, 1.807) is 4.90 Å². The smallest absolute Gasteiger partial charge is 0.317 e. The average molecular weight is 243 g/mol. The van der Waals surface area contributed by atoms with Crippen molar-refractivity contribution < 1.29 is 19.8 Å². The van der Waals surface area contributed by atoms with E-state index in [4.69, 9.17) is 10.2 Å². The molecule has 0 spiro atoms. The Hall–Kier alpha value is -1.10. The maximum Gasteiger partial charge on any atom is 0.317 e. The van der Waals surface area contributed by atoms with Crippen LogP contribution in [-0.4, -0.2) is 46.2 Å². The summed E-state index contributed by atoms with van der Waals surface area (Å²) in [6.07, 6.45) is 5.18. The summed E-state index contributed by atoms with van der Waals surface area (Å²) in [6.45, 7) is 1.78. The van der Waals surface area contributed by atoms with Gasteiger partial charge in [-0.2, -0.15) is 0 Å². The van der Waals surface area contributed by atoms with Gasteiger partial charge in [-0.3, -0.25) is 14.5 Å². The Bertz CT molecular complexity index is 264. The molecule has 0 aromatic heterocycles. The molecule has 1 rings (SSSR count). The molecular formula is C12H21NO4. The van der Waals surface area contributed by atoms with E-state index in [0.29, 0.717) is 5.92 Å². The van der Waals surface area contributed by atoms with E-state index in [1.807, 2.05) is 0 Å². The van der Waals surface area contributed by atoms with Gasteiger partial charge < -0.3 is 10.2 Å². The van der Waals surface area contributed by atoms with E-state index in [1.165, 1.54) is 6.42 Å². The third-order valence-electron chi connectivity index (χ3n) is 3.53. The molecule has 0 heterocycles. The molecule has 0 radical (unpaired) electrons. The molecule has 1 fully saturated rings. The zero-order valence-corrected chi connectivity index (χ0v) is 10.3. The average Bonchev–Trinajstić information content (AvgIpc) is 2.27. The van der Waals surface area contributed by atoms with Crippen LogP contribution in [0.25, 0.3) is 0 Å². The fraction of sp³-hybridized carbons (Fsp3) is 0.833. The highest BCUT2D eigenvalue weighted by Crippen LogP contribution is 2.29. The molecule has 1 aliphatic carbocycles. The van der Waals surface area contributed by atoms with Crippen LogP contribution in [0.3, 0.4) is 0 Å². The third kappa shape index (κ3) is 4.73. The van der Waals surface area contributed by atoms with Crippen molar-refractivity contribution in [3.05, 3.63) is 0 Å². The van der Waals surface area contributed by atoms with Crippen molar-refractivity contribution >= 4 is 11.9 Å². The summed E-state index contributed by atoms with van der Waals surface area (Å²) in [6, 6.07) is 0.112. The molecule has 1 saturated carbocycles. The van der Waals surface area contributed by atoms with Gasteiger partial charge in [0, 0.05) is 6.04 Å². The number of hydrogen-bond acceptors (Lipinski definition) is 3. The molecule has 0 bridgehead atoms. The molecular weight excluding hydrogens is 222 g/mol. The lowest BCUT2D eigenvalue weighted by Crippen LogP contribution is -2.44. The first-order valence-corrected chi connectivity index (χ1v) is 6.20. The van der Waals surface area contributed by atoms with Crippen LogP contribution in [0.15, 0.2) is 0 Å². The SMILES string of the molecule is CCC1CCCC(N(CC(=O)O)CC(=O)O)C1. The summed E-state index contributed by atoms with van der Waals surface area (Å²) in [5.74, 6) is -1.30. The molecule has 0 saturated heterocycles. The lowest BCUT2D eigenvalue weighted by Gasteiger charge is -2.35. The summed E-state index contributed by atoms with van der Waals surface area (Å²) in [7, 11) is 0. The predicted molar refractivity (Wildman–Crippen MR) is 62.9 cm³/mol. The first-order valence-electron chi connectivity index (χ1n) is 6.20. The number of nitrogens with zero attached hydrogens (tertiary/aromatic N) is 1. The van der Waals surface area contributed by atoms with Gasteiger partial charge >= 0.3 is 11.9 Å². The third-order valence-corrected chi connectivity index (χ3v) is 3.53. The predicted octanol–water partition coefficient (Wildman–Crippen LogP) is 1.43. The van der Waals surface area contributed by atoms with E-state index in [-0.39, 0.29) is 19.1 Å². The van der Waals surface area contributed by atoms with E-state index >= 15 is 0 Å². The van der Waals surface area contributed by atoms with Crippen LogP contribution in [-0.2, 0) is 9.59 Å². The zero-order valence-electron chi connectivity index (χ0n) is 10.3. The molecule has 2 N–H and O–H groups in total. The zero-order chi connectivity index (χ0) is 12.8. The van der Waals surface area contributed by atoms with Crippen molar-refractivity contribution in [1.82, 2.24) is 4.90 Å². The van der Waals surface area contributed by atoms with Gasteiger partial charge in [-0.05, 0) is 18.8 Å². The Kier molecular flexibility index (Phi) is 5.41. The second kappa shape index (κ2) is 6.59. The maximum absolute atomic E-state index is 10.8. The molecule has 17 heavy (non-hydrogen) atoms. The highest BCUT2D eigenvalue weighted by molar-refractivity contribution is 5.72. The Morgan fingerprint density at radius 2 is 1.76 bits per heavy atom. The standard InChI is InChI=1S/C12H21NO4/c1-2-9-4-3-5-10(6-9)13(7-11(14)15)8-12(16)17/h9-10H,2-8H2,1H3,(H,14,15)(H,16,17). The lowest BCUT2D eigenvalue weighted by atomic mass is 9.83. The first-order chi connectivity index (χ1) is 8.02. The molecule has 0 aromatic rings. The highest BCUT2D eigenvalue weighted by atomic mass is 16.4. The van der Waals surface area contributed by atoms with Crippen molar-refractivity contribution in [3.8, 4) is 0 Å². The van der Waals surface area contributed by atoms with Crippen molar-refractivity contribution in [3.63, 3.8) is 0 Å². The van der Waals surface area contributed by atoms with Gasteiger partial charge in [0.25, 0.3) is 0 Å². The van der Waals surface area contributed by atoms with Gasteiger partial charge in [-0.15, -0.1) is 0 Å². The number of carboxylic acids is 2. The number of carbonyl (C=O) groups is 2. The van der Waals surface area contributed by atoms with Crippen molar-refractivity contribution in [2.75, 3.05) is 13.1 Å². The van der Waals surface area contributed by atoms with E-state index < -0.39 is 11.9 Å². The number of aliphatic carboxylic acids is 2. The summed E-state index contributed by atoms with van der Waals surface area (Å²) in [5.41, 5.74) is 0. The van der Waals surface area contributed by atoms with Crippen LogP contribution in [0.4, 0.5) is 0 Å². The molecule has 1 aliphatic rings. The number of hydrogen-bond donors (Lipinski definition) is 2. The maximum atomic E-state index is 10.8. The molecule has 2 unspecified atom stereocenters. The normalized spacial score (nSPS) is 24.8.